The summed E-state index contributed by atoms with van der Waals surface area (Å²) in [5.41, 5.74) is 7.30. The Balaban J connectivity index is 2.00. The van der Waals surface area contributed by atoms with E-state index >= 15 is 0 Å². The number of benzene rings is 1. The van der Waals surface area contributed by atoms with Crippen molar-refractivity contribution >= 4 is 11.4 Å². The number of nitrogens with zero attached hydrogens (tertiary/aromatic N) is 2. The van der Waals surface area contributed by atoms with Crippen molar-refractivity contribution in [2.45, 2.75) is 12.8 Å². The van der Waals surface area contributed by atoms with E-state index in [0.29, 0.717) is 11.6 Å². The van der Waals surface area contributed by atoms with Gasteiger partial charge in [-0.25, -0.2) is 4.39 Å². The minimum Gasteiger partial charge on any atom is -0.397 e. The molecule has 100 valence electrons. The van der Waals surface area contributed by atoms with Crippen molar-refractivity contribution < 1.29 is 4.39 Å². The second kappa shape index (κ2) is 5.57. The van der Waals surface area contributed by atoms with Crippen LogP contribution in [0.4, 0.5) is 15.8 Å². The second-order valence-electron chi connectivity index (χ2n) is 5.35. The summed E-state index contributed by atoms with van der Waals surface area (Å²) in [6, 6.07) is 4.62. The third-order valence-corrected chi connectivity index (χ3v) is 3.65. The predicted octanol–water partition coefficient (Wildman–Crippen LogP) is 2.19. The van der Waals surface area contributed by atoms with E-state index in [4.69, 9.17) is 5.73 Å². The molecular formula is C14H22FN3. The van der Waals surface area contributed by atoms with Crippen LogP contribution in [0, 0.1) is 11.7 Å². The van der Waals surface area contributed by atoms with Gasteiger partial charge in [-0.2, -0.15) is 0 Å². The van der Waals surface area contributed by atoms with Crippen molar-refractivity contribution in [1.82, 2.24) is 4.90 Å². The Labute approximate surface area is 108 Å². The van der Waals surface area contributed by atoms with Gasteiger partial charge in [0.2, 0.25) is 0 Å². The van der Waals surface area contributed by atoms with Gasteiger partial charge < -0.3 is 15.5 Å². The lowest BCUT2D eigenvalue weighted by Gasteiger charge is -2.33. The molecule has 0 aromatic heterocycles. The lowest BCUT2D eigenvalue weighted by molar-refractivity contribution is 0.213. The van der Waals surface area contributed by atoms with Crippen LogP contribution in [-0.2, 0) is 0 Å². The second-order valence-corrected chi connectivity index (χ2v) is 5.35. The molecule has 1 aromatic rings. The van der Waals surface area contributed by atoms with E-state index in [9.17, 15) is 4.39 Å². The van der Waals surface area contributed by atoms with Gasteiger partial charge in [0.05, 0.1) is 11.4 Å². The van der Waals surface area contributed by atoms with Crippen molar-refractivity contribution in [2.75, 3.05) is 44.4 Å². The Morgan fingerprint density at radius 2 is 2.28 bits per heavy atom. The van der Waals surface area contributed by atoms with Gasteiger partial charge >= 0.3 is 0 Å². The molecule has 1 aliphatic rings. The van der Waals surface area contributed by atoms with Crippen molar-refractivity contribution in [3.63, 3.8) is 0 Å². The van der Waals surface area contributed by atoms with Crippen LogP contribution in [0.5, 0.6) is 0 Å². The molecule has 0 bridgehead atoms. The number of nitrogens with two attached hydrogens (primary N) is 1. The third-order valence-electron chi connectivity index (χ3n) is 3.65. The van der Waals surface area contributed by atoms with Gasteiger partial charge in [-0.05, 0) is 50.6 Å². The molecule has 0 saturated carbocycles. The fourth-order valence-electron chi connectivity index (χ4n) is 2.78. The third kappa shape index (κ3) is 3.13. The first-order valence-corrected chi connectivity index (χ1v) is 6.51. The molecule has 2 N–H and O–H groups in total. The molecule has 4 heteroatoms. The van der Waals surface area contributed by atoms with Gasteiger partial charge in [-0.15, -0.1) is 0 Å². The van der Waals surface area contributed by atoms with Gasteiger partial charge in [-0.1, -0.05) is 0 Å². The van der Waals surface area contributed by atoms with E-state index in [1.165, 1.54) is 31.5 Å². The number of halogens is 1. The molecule has 1 aromatic carbocycles. The minimum absolute atomic E-state index is 0.276. The molecule has 1 saturated heterocycles. The predicted molar refractivity (Wildman–Crippen MR) is 74.3 cm³/mol. The number of likely N-dealkylation sites (tertiary alicyclic amines) is 1. The highest BCUT2D eigenvalue weighted by Gasteiger charge is 2.19. The van der Waals surface area contributed by atoms with Crippen molar-refractivity contribution in [1.29, 1.82) is 0 Å². The molecule has 0 aliphatic carbocycles. The molecule has 0 radical (unpaired) electrons. The summed E-state index contributed by atoms with van der Waals surface area (Å²) in [5, 5.41) is 0. The smallest absolute Gasteiger partial charge is 0.125 e. The first-order chi connectivity index (χ1) is 8.56. The van der Waals surface area contributed by atoms with Crippen LogP contribution in [0.1, 0.15) is 12.8 Å². The number of piperidine rings is 1. The maximum atomic E-state index is 13.0. The van der Waals surface area contributed by atoms with E-state index in [1.807, 2.05) is 7.05 Å². The van der Waals surface area contributed by atoms with Gasteiger partial charge in [-0.3, -0.25) is 0 Å². The maximum Gasteiger partial charge on any atom is 0.125 e. The summed E-state index contributed by atoms with van der Waals surface area (Å²) in [6.07, 6.45) is 2.52. The van der Waals surface area contributed by atoms with Gasteiger partial charge in [0, 0.05) is 20.1 Å². The lowest BCUT2D eigenvalue weighted by atomic mass is 9.98. The van der Waals surface area contributed by atoms with Gasteiger partial charge in [0.25, 0.3) is 0 Å². The molecule has 1 atom stereocenters. The number of hydrogen-bond acceptors (Lipinski definition) is 3. The fourth-order valence-corrected chi connectivity index (χ4v) is 2.78. The SMILES string of the molecule is CN1CCCC(CN(C)c2ccc(F)cc2N)C1. The molecule has 1 aliphatic heterocycles. The molecule has 18 heavy (non-hydrogen) atoms. The normalized spacial score (nSPS) is 20.9. The topological polar surface area (TPSA) is 32.5 Å². The average Bonchev–Trinajstić information content (AvgIpc) is 2.28. The van der Waals surface area contributed by atoms with Gasteiger partial charge in [0.15, 0.2) is 0 Å². The number of anilines is 2. The molecule has 1 heterocycles. The van der Waals surface area contributed by atoms with Crippen LogP contribution in [-0.4, -0.2) is 38.6 Å². The van der Waals surface area contributed by atoms with E-state index in [0.717, 1.165) is 18.8 Å². The first kappa shape index (κ1) is 13.1. The fraction of sp³-hybridized carbons (Fsp3) is 0.571. The zero-order valence-electron chi connectivity index (χ0n) is 11.2. The monoisotopic (exact) mass is 251 g/mol. The van der Waals surface area contributed by atoms with Crippen LogP contribution in [0.2, 0.25) is 0 Å². The highest BCUT2D eigenvalue weighted by atomic mass is 19.1. The number of rotatable bonds is 3. The Morgan fingerprint density at radius 1 is 1.50 bits per heavy atom. The van der Waals surface area contributed by atoms with Crippen LogP contribution in [0.3, 0.4) is 0 Å². The summed E-state index contributed by atoms with van der Waals surface area (Å²) in [6.45, 7) is 3.30. The molecule has 1 unspecified atom stereocenters. The molecular weight excluding hydrogens is 229 g/mol. The summed E-state index contributed by atoms with van der Waals surface area (Å²) in [5.74, 6) is 0.389. The van der Waals surface area contributed by atoms with Crippen molar-refractivity contribution in [3.05, 3.63) is 24.0 Å². The van der Waals surface area contributed by atoms with Crippen LogP contribution in [0.25, 0.3) is 0 Å². The lowest BCUT2D eigenvalue weighted by Crippen LogP contribution is -2.38. The number of hydrogen-bond donors (Lipinski definition) is 1. The molecule has 1 fully saturated rings. The van der Waals surface area contributed by atoms with E-state index in [2.05, 4.69) is 16.8 Å². The van der Waals surface area contributed by atoms with Crippen LogP contribution in [0.15, 0.2) is 18.2 Å². The summed E-state index contributed by atoms with van der Waals surface area (Å²) >= 11 is 0. The van der Waals surface area contributed by atoms with E-state index in [-0.39, 0.29) is 5.82 Å². The Kier molecular flexibility index (Phi) is 4.07. The number of nitrogen functional groups attached to an aromatic ring is 1. The maximum absolute atomic E-state index is 13.0. The van der Waals surface area contributed by atoms with Crippen LogP contribution < -0.4 is 10.6 Å². The zero-order valence-corrected chi connectivity index (χ0v) is 11.2. The summed E-state index contributed by atoms with van der Waals surface area (Å²) in [4.78, 5) is 4.51. The largest absolute Gasteiger partial charge is 0.397 e. The average molecular weight is 251 g/mol. The van der Waals surface area contributed by atoms with Crippen molar-refractivity contribution in [3.8, 4) is 0 Å². The summed E-state index contributed by atoms with van der Waals surface area (Å²) < 4.78 is 13.0. The Morgan fingerprint density at radius 3 is 2.94 bits per heavy atom. The van der Waals surface area contributed by atoms with Crippen molar-refractivity contribution in [2.24, 2.45) is 5.92 Å². The molecule has 2 rings (SSSR count). The van der Waals surface area contributed by atoms with Gasteiger partial charge in [0.1, 0.15) is 5.82 Å². The standard InChI is InChI=1S/C14H22FN3/c1-17-7-3-4-11(9-17)10-18(2)14-6-5-12(15)8-13(14)16/h5-6,8,11H,3-4,7,9-10,16H2,1-2H3. The molecule has 0 amide bonds. The van der Waals surface area contributed by atoms with E-state index in [1.54, 1.807) is 6.07 Å². The Hall–Kier alpha value is -1.29. The Bertz CT molecular complexity index is 408. The quantitative estimate of drug-likeness (QED) is 0.836. The summed E-state index contributed by atoms with van der Waals surface area (Å²) in [7, 11) is 4.19. The molecule has 3 nitrogen and oxygen atoms in total. The molecule has 0 spiro atoms. The zero-order chi connectivity index (χ0) is 13.1. The minimum atomic E-state index is -0.276. The first-order valence-electron chi connectivity index (χ1n) is 6.51. The highest BCUT2D eigenvalue weighted by molar-refractivity contribution is 5.67. The van der Waals surface area contributed by atoms with E-state index < -0.39 is 0 Å². The van der Waals surface area contributed by atoms with Crippen LogP contribution >= 0.6 is 0 Å². The highest BCUT2D eigenvalue weighted by Crippen LogP contribution is 2.25.